The maximum Gasteiger partial charge on any atom is 0.237 e. The predicted molar refractivity (Wildman–Crippen MR) is 82.8 cm³/mol. The highest BCUT2D eigenvalue weighted by Crippen LogP contribution is 2.18. The first-order valence-corrected chi connectivity index (χ1v) is 8.56. The number of carbonyl (C=O) groups excluding carboxylic acids is 1. The largest absolute Gasteiger partial charge is 0.352 e. The first-order valence-electron chi connectivity index (χ1n) is 8.56. The fourth-order valence-corrected chi connectivity index (χ4v) is 3.42. The molecule has 0 aromatic carbocycles. The van der Waals surface area contributed by atoms with Crippen molar-refractivity contribution < 1.29 is 4.79 Å². The second kappa shape index (κ2) is 8.63. The van der Waals surface area contributed by atoms with Crippen molar-refractivity contribution in [2.75, 3.05) is 26.2 Å². The summed E-state index contributed by atoms with van der Waals surface area (Å²) >= 11 is 0. The summed E-state index contributed by atoms with van der Waals surface area (Å²) in [5, 5.41) is 6.70. The predicted octanol–water partition coefficient (Wildman–Crippen LogP) is 1.90. The van der Waals surface area contributed by atoms with Crippen LogP contribution in [-0.4, -0.2) is 49.1 Å². The quantitative estimate of drug-likeness (QED) is 0.781. The molecule has 0 aromatic heterocycles. The van der Waals surface area contributed by atoms with Gasteiger partial charge in [-0.2, -0.15) is 0 Å². The Hall–Kier alpha value is -0.610. The summed E-state index contributed by atoms with van der Waals surface area (Å²) in [6.07, 6.45) is 9.56. The molecule has 1 aliphatic carbocycles. The second-order valence-electron chi connectivity index (χ2n) is 6.29. The smallest absolute Gasteiger partial charge is 0.237 e. The summed E-state index contributed by atoms with van der Waals surface area (Å²) in [6, 6.07) is 0.530. The SMILES string of the molecule is CCCCC(C(=O)NC1CCCCC1)N1CCNCC1. The normalized spacial score (nSPS) is 23.4. The molecule has 2 aliphatic rings. The van der Waals surface area contributed by atoms with Crippen LogP contribution in [0.4, 0.5) is 0 Å². The molecule has 4 heteroatoms. The fraction of sp³-hybridized carbons (Fsp3) is 0.938. The lowest BCUT2D eigenvalue weighted by Gasteiger charge is -2.35. The molecule has 0 radical (unpaired) electrons. The number of amides is 1. The van der Waals surface area contributed by atoms with Gasteiger partial charge in [-0.15, -0.1) is 0 Å². The van der Waals surface area contributed by atoms with E-state index in [-0.39, 0.29) is 11.9 Å². The Kier molecular flexibility index (Phi) is 6.80. The third-order valence-corrected chi connectivity index (χ3v) is 4.68. The Morgan fingerprint density at radius 2 is 1.95 bits per heavy atom. The Bertz CT molecular complexity index is 283. The molecule has 1 atom stereocenters. The van der Waals surface area contributed by atoms with Gasteiger partial charge in [-0.1, -0.05) is 39.0 Å². The van der Waals surface area contributed by atoms with Crippen LogP contribution in [0.5, 0.6) is 0 Å². The van der Waals surface area contributed by atoms with Gasteiger partial charge in [-0.05, 0) is 19.3 Å². The Morgan fingerprint density at radius 1 is 1.25 bits per heavy atom. The van der Waals surface area contributed by atoms with E-state index in [1.807, 2.05) is 0 Å². The molecule has 20 heavy (non-hydrogen) atoms. The second-order valence-corrected chi connectivity index (χ2v) is 6.29. The summed E-state index contributed by atoms with van der Waals surface area (Å²) in [6.45, 7) is 6.24. The van der Waals surface area contributed by atoms with Crippen LogP contribution in [0.15, 0.2) is 0 Å². The molecule has 2 fully saturated rings. The van der Waals surface area contributed by atoms with Crippen molar-refractivity contribution >= 4 is 5.91 Å². The van der Waals surface area contributed by atoms with Crippen LogP contribution in [0.1, 0.15) is 58.3 Å². The number of nitrogens with zero attached hydrogens (tertiary/aromatic N) is 1. The third kappa shape index (κ3) is 4.74. The van der Waals surface area contributed by atoms with Gasteiger partial charge in [0.25, 0.3) is 0 Å². The number of hydrogen-bond acceptors (Lipinski definition) is 3. The van der Waals surface area contributed by atoms with Gasteiger partial charge in [0, 0.05) is 32.2 Å². The van der Waals surface area contributed by atoms with Crippen LogP contribution < -0.4 is 10.6 Å². The summed E-state index contributed by atoms with van der Waals surface area (Å²) in [5.74, 6) is 0.284. The van der Waals surface area contributed by atoms with Gasteiger partial charge in [-0.3, -0.25) is 9.69 Å². The van der Waals surface area contributed by atoms with E-state index in [1.54, 1.807) is 0 Å². The molecule has 0 aromatic rings. The number of unbranched alkanes of at least 4 members (excludes halogenated alkanes) is 1. The average Bonchev–Trinajstić information content (AvgIpc) is 2.50. The van der Waals surface area contributed by atoms with Crippen LogP contribution in [0, 0.1) is 0 Å². The third-order valence-electron chi connectivity index (χ3n) is 4.68. The van der Waals surface area contributed by atoms with E-state index in [0.717, 1.165) is 39.0 Å². The van der Waals surface area contributed by atoms with E-state index in [1.165, 1.54) is 38.5 Å². The van der Waals surface area contributed by atoms with Gasteiger partial charge in [0.2, 0.25) is 5.91 Å². The molecular formula is C16H31N3O. The van der Waals surface area contributed by atoms with Crippen LogP contribution in [0.2, 0.25) is 0 Å². The highest BCUT2D eigenvalue weighted by atomic mass is 16.2. The maximum atomic E-state index is 12.6. The molecule has 1 unspecified atom stereocenters. The molecule has 4 nitrogen and oxygen atoms in total. The van der Waals surface area contributed by atoms with E-state index >= 15 is 0 Å². The van der Waals surface area contributed by atoms with E-state index in [4.69, 9.17) is 0 Å². The van der Waals surface area contributed by atoms with E-state index in [0.29, 0.717) is 6.04 Å². The Balaban J connectivity index is 1.87. The van der Waals surface area contributed by atoms with Gasteiger partial charge in [0.05, 0.1) is 6.04 Å². The number of carbonyl (C=O) groups is 1. The Labute approximate surface area is 123 Å². The monoisotopic (exact) mass is 281 g/mol. The van der Waals surface area contributed by atoms with Crippen LogP contribution >= 0.6 is 0 Å². The standard InChI is InChI=1S/C16H31N3O/c1-2-3-9-15(19-12-10-17-11-13-19)16(20)18-14-7-5-4-6-8-14/h14-15,17H,2-13H2,1H3,(H,18,20). The van der Waals surface area contributed by atoms with Gasteiger partial charge in [0.15, 0.2) is 0 Å². The zero-order chi connectivity index (χ0) is 14.2. The van der Waals surface area contributed by atoms with Crippen molar-refractivity contribution in [2.45, 2.75) is 70.4 Å². The minimum Gasteiger partial charge on any atom is -0.352 e. The van der Waals surface area contributed by atoms with Crippen LogP contribution in [0.3, 0.4) is 0 Å². The number of piperazine rings is 1. The van der Waals surface area contributed by atoms with Gasteiger partial charge in [0.1, 0.15) is 0 Å². The lowest BCUT2D eigenvalue weighted by Crippen LogP contribution is -2.55. The van der Waals surface area contributed by atoms with Crippen molar-refractivity contribution in [3.05, 3.63) is 0 Å². The molecule has 0 spiro atoms. The van der Waals surface area contributed by atoms with E-state index in [9.17, 15) is 4.79 Å². The maximum absolute atomic E-state index is 12.6. The number of hydrogen-bond donors (Lipinski definition) is 2. The number of rotatable bonds is 6. The first-order chi connectivity index (χ1) is 9.81. The molecule has 1 saturated heterocycles. The Morgan fingerprint density at radius 3 is 2.60 bits per heavy atom. The zero-order valence-corrected chi connectivity index (χ0v) is 13.0. The minimum atomic E-state index is 0.0963. The molecule has 116 valence electrons. The molecule has 0 bridgehead atoms. The molecule has 1 saturated carbocycles. The van der Waals surface area contributed by atoms with Crippen molar-refractivity contribution in [1.29, 1.82) is 0 Å². The molecule has 1 amide bonds. The molecular weight excluding hydrogens is 250 g/mol. The van der Waals surface area contributed by atoms with Crippen LogP contribution in [-0.2, 0) is 4.79 Å². The van der Waals surface area contributed by atoms with Gasteiger partial charge >= 0.3 is 0 Å². The summed E-state index contributed by atoms with van der Waals surface area (Å²) < 4.78 is 0. The lowest BCUT2D eigenvalue weighted by atomic mass is 9.95. The van der Waals surface area contributed by atoms with Crippen molar-refractivity contribution in [3.63, 3.8) is 0 Å². The van der Waals surface area contributed by atoms with E-state index < -0.39 is 0 Å². The molecule has 1 heterocycles. The minimum absolute atomic E-state index is 0.0963. The van der Waals surface area contributed by atoms with Gasteiger partial charge < -0.3 is 10.6 Å². The van der Waals surface area contributed by atoms with Gasteiger partial charge in [-0.25, -0.2) is 0 Å². The summed E-state index contributed by atoms with van der Waals surface area (Å²) in [4.78, 5) is 15.0. The fourth-order valence-electron chi connectivity index (χ4n) is 3.42. The van der Waals surface area contributed by atoms with Crippen molar-refractivity contribution in [2.24, 2.45) is 0 Å². The number of nitrogens with one attached hydrogen (secondary N) is 2. The highest BCUT2D eigenvalue weighted by molar-refractivity contribution is 5.82. The zero-order valence-electron chi connectivity index (χ0n) is 13.0. The molecule has 2 N–H and O–H groups in total. The highest BCUT2D eigenvalue weighted by Gasteiger charge is 2.28. The molecule has 1 aliphatic heterocycles. The lowest BCUT2D eigenvalue weighted by molar-refractivity contribution is -0.128. The van der Waals surface area contributed by atoms with Crippen LogP contribution in [0.25, 0.3) is 0 Å². The first kappa shape index (κ1) is 15.8. The summed E-state index contributed by atoms with van der Waals surface area (Å²) in [7, 11) is 0. The topological polar surface area (TPSA) is 44.4 Å². The average molecular weight is 281 g/mol. The summed E-state index contributed by atoms with van der Waals surface area (Å²) in [5.41, 5.74) is 0. The van der Waals surface area contributed by atoms with E-state index in [2.05, 4.69) is 22.5 Å². The van der Waals surface area contributed by atoms with Crippen molar-refractivity contribution in [1.82, 2.24) is 15.5 Å². The van der Waals surface area contributed by atoms with Crippen molar-refractivity contribution in [3.8, 4) is 0 Å². The molecule has 2 rings (SSSR count).